The molecule has 112 valence electrons. The first kappa shape index (κ1) is 15.9. The minimum atomic E-state index is -0.224. The quantitative estimate of drug-likeness (QED) is 0.641. The number of nitrogens with one attached hydrogen (secondary N) is 1. The van der Waals surface area contributed by atoms with E-state index in [1.54, 1.807) is 18.2 Å². The highest BCUT2D eigenvalue weighted by molar-refractivity contribution is 7.99. The van der Waals surface area contributed by atoms with Gasteiger partial charge in [0.2, 0.25) is 11.1 Å². The Morgan fingerprint density at radius 1 is 1.52 bits per heavy atom. The minimum absolute atomic E-state index is 0.151. The summed E-state index contributed by atoms with van der Waals surface area (Å²) in [6.07, 6.45) is 1.37. The van der Waals surface area contributed by atoms with Gasteiger partial charge in [-0.1, -0.05) is 41.0 Å². The molecule has 2 aromatic rings. The molecule has 0 spiro atoms. The van der Waals surface area contributed by atoms with Crippen LogP contribution in [0, 0.1) is 0 Å². The first-order chi connectivity index (χ1) is 9.97. The van der Waals surface area contributed by atoms with E-state index in [0.29, 0.717) is 15.2 Å². The summed E-state index contributed by atoms with van der Waals surface area (Å²) >= 11 is 13.2. The van der Waals surface area contributed by atoms with E-state index in [1.165, 1.54) is 22.8 Å². The Hall–Kier alpha value is -1.44. The lowest BCUT2D eigenvalue weighted by Crippen LogP contribution is -2.28. The Labute approximate surface area is 136 Å². The van der Waals surface area contributed by atoms with Gasteiger partial charge in [0.25, 0.3) is 0 Å². The first-order valence-electron chi connectivity index (χ1n) is 5.99. The number of thioether (sulfide) groups is 1. The number of halogens is 2. The third-order valence-corrected chi connectivity index (χ3v) is 4.20. The molecule has 1 amide bonds. The average molecular weight is 346 g/mol. The molecule has 1 aromatic carbocycles. The molecule has 6 nitrogen and oxygen atoms in total. The van der Waals surface area contributed by atoms with E-state index in [2.05, 4.69) is 15.5 Å². The van der Waals surface area contributed by atoms with Crippen molar-refractivity contribution in [3.05, 3.63) is 40.1 Å². The van der Waals surface area contributed by atoms with Crippen molar-refractivity contribution < 1.29 is 4.79 Å². The average Bonchev–Trinajstić information content (AvgIpc) is 2.81. The van der Waals surface area contributed by atoms with Gasteiger partial charge in [0.05, 0.1) is 11.8 Å². The molecule has 0 radical (unpaired) electrons. The highest BCUT2D eigenvalue weighted by Gasteiger charge is 2.14. The third kappa shape index (κ3) is 4.26. The summed E-state index contributed by atoms with van der Waals surface area (Å²) in [6, 6.07) is 4.95. The molecule has 2 rings (SSSR count). The van der Waals surface area contributed by atoms with Gasteiger partial charge in [-0.05, 0) is 24.6 Å². The summed E-state index contributed by atoms with van der Waals surface area (Å²) in [5.74, 6) is 5.60. The van der Waals surface area contributed by atoms with Gasteiger partial charge in [-0.2, -0.15) is 0 Å². The van der Waals surface area contributed by atoms with E-state index < -0.39 is 0 Å². The minimum Gasteiger partial charge on any atom is -0.349 e. The Morgan fingerprint density at radius 3 is 2.90 bits per heavy atom. The summed E-state index contributed by atoms with van der Waals surface area (Å²) in [4.78, 5) is 11.9. The standard InChI is InChI=1S/C12H13Cl2N5OS/c1-7(9-3-2-8(13)4-10(9)14)17-11(20)5-21-12-18-16-6-19(12)15/h2-4,6-7H,5,15H2,1H3,(H,17,20)/t7-/m1/s1. The molecule has 1 heterocycles. The number of carbonyl (C=O) groups excluding carboxylic acids is 1. The number of benzene rings is 1. The van der Waals surface area contributed by atoms with E-state index in [-0.39, 0.29) is 17.7 Å². The predicted molar refractivity (Wildman–Crippen MR) is 83.9 cm³/mol. The molecule has 0 saturated carbocycles. The highest BCUT2D eigenvalue weighted by Crippen LogP contribution is 2.26. The molecule has 0 aliphatic rings. The van der Waals surface area contributed by atoms with Gasteiger partial charge in [-0.15, -0.1) is 10.2 Å². The Bertz CT molecular complexity index is 648. The molecule has 0 aliphatic heterocycles. The molecule has 0 unspecified atom stereocenters. The van der Waals surface area contributed by atoms with Crippen LogP contribution in [0.4, 0.5) is 0 Å². The molecule has 0 aliphatic carbocycles. The van der Waals surface area contributed by atoms with Crippen molar-refractivity contribution in [2.24, 2.45) is 0 Å². The number of nitrogens with zero attached hydrogens (tertiary/aromatic N) is 3. The van der Waals surface area contributed by atoms with Crippen LogP contribution >= 0.6 is 35.0 Å². The van der Waals surface area contributed by atoms with E-state index >= 15 is 0 Å². The van der Waals surface area contributed by atoms with Gasteiger partial charge < -0.3 is 11.2 Å². The lowest BCUT2D eigenvalue weighted by molar-refractivity contribution is -0.119. The van der Waals surface area contributed by atoms with E-state index in [4.69, 9.17) is 29.0 Å². The SMILES string of the molecule is C[C@@H](NC(=O)CSc1nncn1N)c1ccc(Cl)cc1Cl. The highest BCUT2D eigenvalue weighted by atomic mass is 35.5. The van der Waals surface area contributed by atoms with Crippen LogP contribution in [-0.2, 0) is 4.79 Å². The molecule has 9 heteroatoms. The van der Waals surface area contributed by atoms with Crippen molar-refractivity contribution in [1.82, 2.24) is 20.2 Å². The Balaban J connectivity index is 1.91. The Morgan fingerprint density at radius 2 is 2.29 bits per heavy atom. The number of hydrogen-bond acceptors (Lipinski definition) is 5. The molecular formula is C12H13Cl2N5OS. The fourth-order valence-corrected chi connectivity index (χ4v) is 2.90. The van der Waals surface area contributed by atoms with E-state index in [0.717, 1.165) is 5.56 Å². The van der Waals surface area contributed by atoms with Crippen molar-refractivity contribution in [3.8, 4) is 0 Å². The number of nitrogen functional groups attached to an aromatic ring is 1. The van der Waals surface area contributed by atoms with Gasteiger partial charge in [-0.25, -0.2) is 4.68 Å². The zero-order valence-corrected chi connectivity index (χ0v) is 13.4. The zero-order valence-electron chi connectivity index (χ0n) is 11.1. The number of aromatic nitrogens is 3. The number of amides is 1. The maximum Gasteiger partial charge on any atom is 0.230 e. The lowest BCUT2D eigenvalue weighted by atomic mass is 10.1. The van der Waals surface area contributed by atoms with Crippen LogP contribution in [0.5, 0.6) is 0 Å². The summed E-state index contributed by atoms with van der Waals surface area (Å²) in [5, 5.41) is 11.8. The summed E-state index contributed by atoms with van der Waals surface area (Å²) < 4.78 is 1.26. The molecular weight excluding hydrogens is 333 g/mol. The second kappa shape index (κ2) is 7.02. The molecule has 0 saturated heterocycles. The van der Waals surface area contributed by atoms with Crippen LogP contribution in [0.25, 0.3) is 0 Å². The van der Waals surface area contributed by atoms with Crippen LogP contribution in [0.3, 0.4) is 0 Å². The van der Waals surface area contributed by atoms with Gasteiger partial charge in [0, 0.05) is 10.0 Å². The first-order valence-corrected chi connectivity index (χ1v) is 7.73. The van der Waals surface area contributed by atoms with Gasteiger partial charge in [-0.3, -0.25) is 4.79 Å². The molecule has 0 bridgehead atoms. The van der Waals surface area contributed by atoms with Crippen molar-refractivity contribution >= 4 is 40.9 Å². The maximum absolute atomic E-state index is 11.9. The second-order valence-corrected chi connectivity index (χ2v) is 6.05. The van der Waals surface area contributed by atoms with Crippen LogP contribution < -0.4 is 11.2 Å². The van der Waals surface area contributed by atoms with Crippen molar-refractivity contribution in [2.45, 2.75) is 18.1 Å². The van der Waals surface area contributed by atoms with Crippen LogP contribution in [0.2, 0.25) is 10.0 Å². The number of hydrogen-bond donors (Lipinski definition) is 2. The predicted octanol–water partition coefficient (Wildman–Crippen LogP) is 2.27. The third-order valence-electron chi connectivity index (χ3n) is 2.68. The lowest BCUT2D eigenvalue weighted by Gasteiger charge is -2.15. The van der Waals surface area contributed by atoms with E-state index in [9.17, 15) is 4.79 Å². The van der Waals surface area contributed by atoms with Gasteiger partial charge in [0.1, 0.15) is 6.33 Å². The van der Waals surface area contributed by atoms with Crippen LogP contribution in [0.15, 0.2) is 29.7 Å². The monoisotopic (exact) mass is 345 g/mol. The van der Waals surface area contributed by atoms with Gasteiger partial charge in [0.15, 0.2) is 0 Å². The van der Waals surface area contributed by atoms with Crippen LogP contribution in [-0.4, -0.2) is 26.5 Å². The number of rotatable bonds is 5. The smallest absolute Gasteiger partial charge is 0.230 e. The fourth-order valence-electron chi connectivity index (χ4n) is 1.68. The van der Waals surface area contributed by atoms with E-state index in [1.807, 2.05) is 6.92 Å². The summed E-state index contributed by atoms with van der Waals surface area (Å²) in [5.41, 5.74) is 0.807. The number of carbonyl (C=O) groups is 1. The topological polar surface area (TPSA) is 85.8 Å². The fraction of sp³-hybridized carbons (Fsp3) is 0.250. The second-order valence-electron chi connectivity index (χ2n) is 4.26. The molecule has 1 aromatic heterocycles. The normalized spacial score (nSPS) is 12.1. The maximum atomic E-state index is 11.9. The molecule has 21 heavy (non-hydrogen) atoms. The van der Waals surface area contributed by atoms with Gasteiger partial charge >= 0.3 is 0 Å². The summed E-state index contributed by atoms with van der Waals surface area (Å²) in [7, 11) is 0. The molecule has 0 fully saturated rings. The molecule has 1 atom stereocenters. The Kier molecular flexibility index (Phi) is 5.33. The largest absolute Gasteiger partial charge is 0.349 e. The summed E-state index contributed by atoms with van der Waals surface area (Å²) in [6.45, 7) is 1.85. The van der Waals surface area contributed by atoms with Crippen LogP contribution in [0.1, 0.15) is 18.5 Å². The van der Waals surface area contributed by atoms with Crippen molar-refractivity contribution in [1.29, 1.82) is 0 Å². The zero-order chi connectivity index (χ0) is 15.4. The van der Waals surface area contributed by atoms with Crippen molar-refractivity contribution in [3.63, 3.8) is 0 Å². The van der Waals surface area contributed by atoms with Crippen molar-refractivity contribution in [2.75, 3.05) is 11.6 Å². The number of nitrogens with two attached hydrogens (primary N) is 1. The molecule has 3 N–H and O–H groups in total.